The van der Waals surface area contributed by atoms with Crippen LogP contribution in [0, 0.1) is 11.8 Å². The third-order valence-corrected chi connectivity index (χ3v) is 2.91. The van der Waals surface area contributed by atoms with Gasteiger partial charge in [0, 0.05) is 5.92 Å². The standard InChI is InChI=1S/C9H14NO/c10-8(6-4-5-6)9(11)7-2-1-3-7/h6-8,10H,1-5H2. The second-order valence-electron chi connectivity index (χ2n) is 3.85. The lowest BCUT2D eigenvalue weighted by molar-refractivity contribution is -0.127. The Hall–Kier alpha value is -0.370. The molecule has 2 rings (SSSR count). The molecule has 0 saturated heterocycles. The number of rotatable bonds is 3. The molecule has 2 saturated carbocycles. The quantitative estimate of drug-likeness (QED) is 0.603. The Bertz CT molecular complexity index is 170. The third kappa shape index (κ3) is 1.32. The van der Waals surface area contributed by atoms with Crippen molar-refractivity contribution in [3.63, 3.8) is 0 Å². The van der Waals surface area contributed by atoms with Crippen molar-refractivity contribution in [2.75, 3.05) is 0 Å². The average molecular weight is 152 g/mol. The Morgan fingerprint density at radius 3 is 2.27 bits per heavy atom. The first-order valence-electron chi connectivity index (χ1n) is 4.54. The molecule has 0 aromatic heterocycles. The fourth-order valence-electron chi connectivity index (χ4n) is 1.61. The van der Waals surface area contributed by atoms with Crippen LogP contribution < -0.4 is 5.73 Å². The molecule has 0 bridgehead atoms. The number of hydrogen-bond acceptors (Lipinski definition) is 1. The first kappa shape index (κ1) is 7.29. The second kappa shape index (κ2) is 2.59. The summed E-state index contributed by atoms with van der Waals surface area (Å²) in [6, 6.07) is -0.361. The SMILES string of the molecule is [NH]C(C(=O)C1CCC1)C1CC1. The highest BCUT2D eigenvalue weighted by molar-refractivity contribution is 5.87. The predicted molar refractivity (Wildman–Crippen MR) is 42.0 cm³/mol. The summed E-state index contributed by atoms with van der Waals surface area (Å²) in [6.07, 6.45) is 5.55. The van der Waals surface area contributed by atoms with Crippen LogP contribution in [0.5, 0.6) is 0 Å². The highest BCUT2D eigenvalue weighted by atomic mass is 16.1. The van der Waals surface area contributed by atoms with Crippen LogP contribution in [-0.4, -0.2) is 11.8 Å². The van der Waals surface area contributed by atoms with Crippen LogP contribution in [0.1, 0.15) is 32.1 Å². The molecule has 0 aromatic carbocycles. The molecule has 0 spiro atoms. The molecule has 61 valence electrons. The molecule has 1 unspecified atom stereocenters. The van der Waals surface area contributed by atoms with Crippen molar-refractivity contribution in [1.82, 2.24) is 5.73 Å². The van der Waals surface area contributed by atoms with Gasteiger partial charge in [0.1, 0.15) is 0 Å². The molecule has 2 nitrogen and oxygen atoms in total. The van der Waals surface area contributed by atoms with Gasteiger partial charge in [-0.15, -0.1) is 0 Å². The van der Waals surface area contributed by atoms with Gasteiger partial charge < -0.3 is 0 Å². The maximum Gasteiger partial charge on any atom is 0.154 e. The van der Waals surface area contributed by atoms with Crippen LogP contribution in [-0.2, 0) is 4.79 Å². The van der Waals surface area contributed by atoms with Crippen molar-refractivity contribution in [2.24, 2.45) is 11.8 Å². The van der Waals surface area contributed by atoms with E-state index < -0.39 is 0 Å². The molecule has 2 heteroatoms. The van der Waals surface area contributed by atoms with E-state index in [0.717, 1.165) is 25.7 Å². The van der Waals surface area contributed by atoms with Crippen molar-refractivity contribution < 1.29 is 4.79 Å². The molecular formula is C9H14NO. The molecule has 1 radical (unpaired) electrons. The van der Waals surface area contributed by atoms with Crippen LogP contribution in [0.15, 0.2) is 0 Å². The summed E-state index contributed by atoms with van der Waals surface area (Å²) >= 11 is 0. The Morgan fingerprint density at radius 2 is 1.91 bits per heavy atom. The van der Waals surface area contributed by atoms with E-state index in [2.05, 4.69) is 0 Å². The highest BCUT2D eigenvalue weighted by Crippen LogP contribution is 2.36. The van der Waals surface area contributed by atoms with Gasteiger partial charge in [-0.1, -0.05) is 6.42 Å². The summed E-state index contributed by atoms with van der Waals surface area (Å²) in [6.45, 7) is 0. The predicted octanol–water partition coefficient (Wildman–Crippen LogP) is 1.42. The molecule has 0 heterocycles. The van der Waals surface area contributed by atoms with Gasteiger partial charge in [0.05, 0.1) is 6.04 Å². The summed E-state index contributed by atoms with van der Waals surface area (Å²) in [5.41, 5.74) is 7.61. The molecule has 0 aliphatic heterocycles. The van der Waals surface area contributed by atoms with Crippen molar-refractivity contribution in [3.05, 3.63) is 0 Å². The zero-order valence-electron chi connectivity index (χ0n) is 6.68. The number of Topliss-reactive ketones (excluding diaryl/α,β-unsaturated/α-hetero) is 1. The van der Waals surface area contributed by atoms with Gasteiger partial charge in [-0.25, -0.2) is 5.73 Å². The van der Waals surface area contributed by atoms with Crippen LogP contribution in [0.2, 0.25) is 0 Å². The summed E-state index contributed by atoms with van der Waals surface area (Å²) in [5, 5.41) is 0. The first-order valence-corrected chi connectivity index (χ1v) is 4.54. The molecule has 1 atom stereocenters. The minimum atomic E-state index is -0.361. The van der Waals surface area contributed by atoms with Gasteiger partial charge in [-0.2, -0.15) is 0 Å². The minimum absolute atomic E-state index is 0.235. The molecule has 2 aliphatic rings. The van der Waals surface area contributed by atoms with Gasteiger partial charge in [0.15, 0.2) is 5.78 Å². The van der Waals surface area contributed by atoms with Crippen molar-refractivity contribution in [1.29, 1.82) is 0 Å². The van der Waals surface area contributed by atoms with E-state index in [1.54, 1.807) is 0 Å². The number of ketones is 1. The minimum Gasteiger partial charge on any atom is -0.298 e. The van der Waals surface area contributed by atoms with Crippen LogP contribution in [0.25, 0.3) is 0 Å². The molecule has 2 aliphatic carbocycles. The van der Waals surface area contributed by atoms with Gasteiger partial charge in [0.25, 0.3) is 0 Å². The van der Waals surface area contributed by atoms with Gasteiger partial charge >= 0.3 is 0 Å². The van der Waals surface area contributed by atoms with Crippen molar-refractivity contribution >= 4 is 5.78 Å². The summed E-state index contributed by atoms with van der Waals surface area (Å²) in [4.78, 5) is 11.4. The molecule has 2 fully saturated rings. The molecular weight excluding hydrogens is 138 g/mol. The van der Waals surface area contributed by atoms with Gasteiger partial charge in [0.2, 0.25) is 0 Å². The monoisotopic (exact) mass is 152 g/mol. The van der Waals surface area contributed by atoms with E-state index in [4.69, 9.17) is 5.73 Å². The topological polar surface area (TPSA) is 40.9 Å². The average Bonchev–Trinajstić information content (AvgIpc) is 2.62. The molecule has 11 heavy (non-hydrogen) atoms. The van der Waals surface area contributed by atoms with Crippen LogP contribution in [0.4, 0.5) is 0 Å². The van der Waals surface area contributed by atoms with E-state index in [9.17, 15) is 4.79 Å². The fourth-order valence-corrected chi connectivity index (χ4v) is 1.61. The fraction of sp³-hybridized carbons (Fsp3) is 0.889. The molecule has 1 N–H and O–H groups in total. The van der Waals surface area contributed by atoms with E-state index in [-0.39, 0.29) is 17.7 Å². The Morgan fingerprint density at radius 1 is 1.27 bits per heavy atom. The molecule has 0 amide bonds. The summed E-state index contributed by atoms with van der Waals surface area (Å²) in [7, 11) is 0. The third-order valence-electron chi connectivity index (χ3n) is 2.91. The van der Waals surface area contributed by atoms with E-state index in [1.807, 2.05) is 0 Å². The van der Waals surface area contributed by atoms with Crippen LogP contribution >= 0.6 is 0 Å². The largest absolute Gasteiger partial charge is 0.298 e. The Labute approximate surface area is 67.1 Å². The smallest absolute Gasteiger partial charge is 0.154 e. The van der Waals surface area contributed by atoms with Crippen molar-refractivity contribution in [2.45, 2.75) is 38.1 Å². The maximum atomic E-state index is 11.4. The number of nitrogens with one attached hydrogen (secondary N) is 1. The first-order chi connectivity index (χ1) is 5.29. The van der Waals surface area contributed by atoms with E-state index >= 15 is 0 Å². The lowest BCUT2D eigenvalue weighted by Gasteiger charge is -2.26. The second-order valence-corrected chi connectivity index (χ2v) is 3.85. The highest BCUT2D eigenvalue weighted by Gasteiger charge is 2.38. The van der Waals surface area contributed by atoms with E-state index in [1.165, 1.54) is 6.42 Å². The normalized spacial score (nSPS) is 27.7. The number of hydrogen-bond donors (Lipinski definition) is 0. The Balaban J connectivity index is 1.86. The lowest BCUT2D eigenvalue weighted by atomic mass is 9.79. The zero-order chi connectivity index (χ0) is 7.84. The van der Waals surface area contributed by atoms with Gasteiger partial charge in [-0.05, 0) is 31.6 Å². The summed E-state index contributed by atoms with van der Waals surface area (Å²) < 4.78 is 0. The number of carbonyl (C=O) groups excluding carboxylic acids is 1. The maximum absolute atomic E-state index is 11.4. The van der Waals surface area contributed by atoms with Gasteiger partial charge in [-0.3, -0.25) is 4.79 Å². The Kier molecular flexibility index (Phi) is 1.72. The molecule has 0 aromatic rings. The number of carbonyl (C=O) groups is 1. The van der Waals surface area contributed by atoms with Crippen LogP contribution in [0.3, 0.4) is 0 Å². The van der Waals surface area contributed by atoms with Crippen molar-refractivity contribution in [3.8, 4) is 0 Å². The zero-order valence-corrected chi connectivity index (χ0v) is 6.68. The lowest BCUT2D eigenvalue weighted by Crippen LogP contribution is -2.34. The van der Waals surface area contributed by atoms with E-state index in [0.29, 0.717) is 5.92 Å². The summed E-state index contributed by atoms with van der Waals surface area (Å²) in [5.74, 6) is 0.944.